The fourth-order valence-corrected chi connectivity index (χ4v) is 2.77. The lowest BCUT2D eigenvalue weighted by Gasteiger charge is -2.19. The van der Waals surface area contributed by atoms with Gasteiger partial charge in [0.25, 0.3) is 0 Å². The van der Waals surface area contributed by atoms with Crippen molar-refractivity contribution in [1.29, 1.82) is 0 Å². The third-order valence-corrected chi connectivity index (χ3v) is 3.94. The van der Waals surface area contributed by atoms with E-state index >= 15 is 0 Å². The molecule has 2 rings (SSSR count). The van der Waals surface area contributed by atoms with Gasteiger partial charge >= 0.3 is 0 Å². The van der Waals surface area contributed by atoms with Gasteiger partial charge < -0.3 is 10.5 Å². The van der Waals surface area contributed by atoms with E-state index in [9.17, 15) is 0 Å². The first kappa shape index (κ1) is 13.9. The lowest BCUT2D eigenvalue weighted by molar-refractivity contribution is 0.0415. The van der Waals surface area contributed by atoms with Gasteiger partial charge in [-0.05, 0) is 62.8 Å². The molecule has 0 spiro atoms. The second-order valence-corrected chi connectivity index (χ2v) is 5.75. The van der Waals surface area contributed by atoms with E-state index in [0.29, 0.717) is 18.1 Å². The van der Waals surface area contributed by atoms with Crippen molar-refractivity contribution in [1.82, 2.24) is 0 Å². The number of ether oxygens (including phenoxy) is 1. The zero-order valence-corrected chi connectivity index (χ0v) is 11.7. The van der Waals surface area contributed by atoms with Crippen LogP contribution in [0.25, 0.3) is 0 Å². The zero-order valence-electron chi connectivity index (χ0n) is 10.9. The van der Waals surface area contributed by atoms with Crippen molar-refractivity contribution in [2.24, 2.45) is 11.7 Å². The van der Waals surface area contributed by atoms with Crippen LogP contribution in [0.15, 0.2) is 24.3 Å². The first-order valence-corrected chi connectivity index (χ1v) is 7.15. The maximum atomic E-state index is 5.89. The van der Waals surface area contributed by atoms with Crippen molar-refractivity contribution in [2.45, 2.75) is 44.8 Å². The van der Waals surface area contributed by atoms with Crippen LogP contribution in [0.3, 0.4) is 0 Å². The summed E-state index contributed by atoms with van der Waals surface area (Å²) in [6, 6.07) is 8.06. The highest BCUT2D eigenvalue weighted by molar-refractivity contribution is 6.30. The maximum Gasteiger partial charge on any atom is 0.0583 e. The summed E-state index contributed by atoms with van der Waals surface area (Å²) < 4.78 is 5.87. The smallest absolute Gasteiger partial charge is 0.0583 e. The molecule has 0 aliphatic carbocycles. The molecule has 0 radical (unpaired) electrons. The molecule has 3 atom stereocenters. The topological polar surface area (TPSA) is 35.2 Å². The summed E-state index contributed by atoms with van der Waals surface area (Å²) in [5.41, 5.74) is 7.19. The molecular weight excluding hydrogens is 246 g/mol. The van der Waals surface area contributed by atoms with Gasteiger partial charge in [0.15, 0.2) is 0 Å². The predicted octanol–water partition coefficient (Wildman–Crippen LogP) is 3.42. The van der Waals surface area contributed by atoms with Crippen LogP contribution in [0.2, 0.25) is 5.02 Å². The summed E-state index contributed by atoms with van der Waals surface area (Å²) in [5, 5.41) is 0.788. The first-order valence-electron chi connectivity index (χ1n) is 6.77. The van der Waals surface area contributed by atoms with E-state index in [0.717, 1.165) is 24.4 Å². The van der Waals surface area contributed by atoms with Gasteiger partial charge in [-0.3, -0.25) is 0 Å². The molecule has 0 saturated carbocycles. The van der Waals surface area contributed by atoms with Gasteiger partial charge in [-0.1, -0.05) is 23.7 Å². The molecule has 100 valence electrons. The van der Waals surface area contributed by atoms with Crippen molar-refractivity contribution in [2.75, 3.05) is 6.54 Å². The summed E-state index contributed by atoms with van der Waals surface area (Å²) in [6.07, 6.45) is 5.27. The van der Waals surface area contributed by atoms with Gasteiger partial charge in [0.1, 0.15) is 0 Å². The van der Waals surface area contributed by atoms with Gasteiger partial charge in [-0.2, -0.15) is 0 Å². The highest BCUT2D eigenvalue weighted by Crippen LogP contribution is 2.26. The summed E-state index contributed by atoms with van der Waals surface area (Å²) >= 11 is 5.89. The second kappa shape index (κ2) is 6.55. The van der Waals surface area contributed by atoms with Gasteiger partial charge in [0, 0.05) is 5.02 Å². The molecule has 1 fully saturated rings. The van der Waals surface area contributed by atoms with Crippen LogP contribution in [0.4, 0.5) is 0 Å². The largest absolute Gasteiger partial charge is 0.375 e. The van der Waals surface area contributed by atoms with Crippen molar-refractivity contribution in [3.63, 3.8) is 0 Å². The van der Waals surface area contributed by atoms with E-state index in [-0.39, 0.29) is 0 Å². The maximum absolute atomic E-state index is 5.89. The Morgan fingerprint density at radius 2 is 2.06 bits per heavy atom. The zero-order chi connectivity index (χ0) is 13.0. The van der Waals surface area contributed by atoms with Crippen LogP contribution in [-0.2, 0) is 11.2 Å². The minimum atomic E-state index is 0.404. The van der Waals surface area contributed by atoms with Crippen LogP contribution >= 0.6 is 11.6 Å². The average molecular weight is 268 g/mol. The number of benzene rings is 1. The molecule has 1 saturated heterocycles. The molecule has 1 heterocycles. The number of halogens is 1. The van der Waals surface area contributed by atoms with E-state index in [2.05, 4.69) is 19.1 Å². The first-order chi connectivity index (χ1) is 8.67. The molecule has 0 aromatic heterocycles. The van der Waals surface area contributed by atoms with Crippen LogP contribution < -0.4 is 5.73 Å². The average Bonchev–Trinajstić information content (AvgIpc) is 2.77. The minimum Gasteiger partial charge on any atom is -0.375 e. The van der Waals surface area contributed by atoms with Gasteiger partial charge in [0.05, 0.1) is 12.2 Å². The molecule has 0 bridgehead atoms. The molecule has 1 aromatic rings. The summed E-state index contributed by atoms with van der Waals surface area (Å²) in [5.74, 6) is 0.501. The molecule has 1 aliphatic heterocycles. The molecule has 3 heteroatoms. The lowest BCUT2D eigenvalue weighted by atomic mass is 9.93. The third kappa shape index (κ3) is 3.98. The van der Waals surface area contributed by atoms with E-state index in [1.165, 1.54) is 18.4 Å². The Balaban J connectivity index is 1.87. The molecule has 0 amide bonds. The van der Waals surface area contributed by atoms with E-state index < -0.39 is 0 Å². The van der Waals surface area contributed by atoms with Crippen molar-refractivity contribution in [3.8, 4) is 0 Å². The summed E-state index contributed by atoms with van der Waals surface area (Å²) in [4.78, 5) is 0. The highest BCUT2D eigenvalue weighted by Gasteiger charge is 2.24. The normalized spacial score (nSPS) is 25.3. The lowest BCUT2D eigenvalue weighted by Crippen LogP contribution is -2.23. The SMILES string of the molecule is CC1CCC(CC(CN)Cc2ccc(Cl)cc2)O1. The van der Waals surface area contributed by atoms with E-state index in [1.54, 1.807) is 0 Å². The van der Waals surface area contributed by atoms with Crippen LogP contribution in [0, 0.1) is 5.92 Å². The van der Waals surface area contributed by atoms with Gasteiger partial charge in [0.2, 0.25) is 0 Å². The molecule has 1 aliphatic rings. The van der Waals surface area contributed by atoms with Crippen LogP contribution in [-0.4, -0.2) is 18.8 Å². The highest BCUT2D eigenvalue weighted by atomic mass is 35.5. The van der Waals surface area contributed by atoms with Crippen molar-refractivity contribution in [3.05, 3.63) is 34.9 Å². The van der Waals surface area contributed by atoms with E-state index in [4.69, 9.17) is 22.1 Å². The second-order valence-electron chi connectivity index (χ2n) is 5.31. The number of rotatable bonds is 5. The molecule has 18 heavy (non-hydrogen) atoms. The molecule has 1 aromatic carbocycles. The summed E-state index contributed by atoms with van der Waals surface area (Å²) in [6.45, 7) is 2.87. The Morgan fingerprint density at radius 1 is 1.33 bits per heavy atom. The quantitative estimate of drug-likeness (QED) is 0.887. The number of hydrogen-bond donors (Lipinski definition) is 1. The van der Waals surface area contributed by atoms with Crippen molar-refractivity contribution < 1.29 is 4.74 Å². The molecule has 2 nitrogen and oxygen atoms in total. The standard InChI is InChI=1S/C15H22ClNO/c1-11-2-7-15(18-11)9-13(10-17)8-12-3-5-14(16)6-4-12/h3-6,11,13,15H,2,7-10,17H2,1H3. The Kier molecular flexibility index (Phi) is 5.04. The number of hydrogen-bond acceptors (Lipinski definition) is 2. The fraction of sp³-hybridized carbons (Fsp3) is 0.600. The van der Waals surface area contributed by atoms with Crippen LogP contribution in [0.5, 0.6) is 0 Å². The number of nitrogens with two attached hydrogens (primary N) is 1. The minimum absolute atomic E-state index is 0.404. The third-order valence-electron chi connectivity index (χ3n) is 3.69. The fourth-order valence-electron chi connectivity index (χ4n) is 2.65. The summed E-state index contributed by atoms with van der Waals surface area (Å²) in [7, 11) is 0. The van der Waals surface area contributed by atoms with Crippen LogP contribution in [0.1, 0.15) is 31.7 Å². The Bertz CT molecular complexity index is 365. The molecule has 3 unspecified atom stereocenters. The van der Waals surface area contributed by atoms with Crippen molar-refractivity contribution >= 4 is 11.6 Å². The monoisotopic (exact) mass is 267 g/mol. The van der Waals surface area contributed by atoms with Gasteiger partial charge in [-0.25, -0.2) is 0 Å². The van der Waals surface area contributed by atoms with E-state index in [1.807, 2.05) is 12.1 Å². The molecule has 2 N–H and O–H groups in total. The Hall–Kier alpha value is -0.570. The molecular formula is C15H22ClNO. The Morgan fingerprint density at radius 3 is 2.61 bits per heavy atom. The van der Waals surface area contributed by atoms with Gasteiger partial charge in [-0.15, -0.1) is 0 Å². The predicted molar refractivity (Wildman–Crippen MR) is 75.9 cm³/mol. The Labute approximate surface area is 114 Å².